The van der Waals surface area contributed by atoms with Crippen molar-refractivity contribution in [1.29, 1.82) is 0 Å². The van der Waals surface area contributed by atoms with Crippen LogP contribution in [-0.2, 0) is 0 Å². The zero-order valence-electron chi connectivity index (χ0n) is 16.2. The third-order valence-corrected chi connectivity index (χ3v) is 4.83. The van der Waals surface area contributed by atoms with Crippen LogP contribution in [0.2, 0.25) is 5.02 Å². The molecule has 1 heterocycles. The number of aromatic nitrogens is 1. The maximum Gasteiger partial charge on any atom is 0.272 e. The van der Waals surface area contributed by atoms with Gasteiger partial charge in [0.1, 0.15) is 5.75 Å². The van der Waals surface area contributed by atoms with Crippen LogP contribution in [-0.4, -0.2) is 24.2 Å². The molecule has 0 fully saturated rings. The molecule has 0 aliphatic rings. The van der Waals surface area contributed by atoms with Crippen molar-refractivity contribution < 1.29 is 9.53 Å². The number of rotatable bonds is 5. The molecule has 0 bridgehead atoms. The molecule has 0 aliphatic carbocycles. The van der Waals surface area contributed by atoms with Crippen molar-refractivity contribution in [1.82, 2.24) is 10.4 Å². The number of fused-ring (bicyclic) bond motifs is 1. The average Bonchev–Trinajstić information content (AvgIpc) is 2.79. The molecule has 148 valence electrons. The highest BCUT2D eigenvalue weighted by Crippen LogP contribution is 2.27. The zero-order valence-corrected chi connectivity index (χ0v) is 16.9. The van der Waals surface area contributed by atoms with Crippen LogP contribution < -0.4 is 10.2 Å². The molecule has 0 saturated heterocycles. The number of methoxy groups -OCH3 is 1. The van der Waals surface area contributed by atoms with Gasteiger partial charge >= 0.3 is 0 Å². The Morgan fingerprint density at radius 2 is 1.80 bits per heavy atom. The highest BCUT2D eigenvalue weighted by Gasteiger charge is 2.14. The Morgan fingerprint density at radius 3 is 2.53 bits per heavy atom. The van der Waals surface area contributed by atoms with Gasteiger partial charge in [0, 0.05) is 16.0 Å². The summed E-state index contributed by atoms with van der Waals surface area (Å²) in [6, 6.07) is 24.1. The Kier molecular flexibility index (Phi) is 5.72. The summed E-state index contributed by atoms with van der Waals surface area (Å²) in [6.07, 6.45) is 1.57. The van der Waals surface area contributed by atoms with Crippen LogP contribution in [0.3, 0.4) is 0 Å². The molecule has 5 nitrogen and oxygen atoms in total. The van der Waals surface area contributed by atoms with Crippen LogP contribution in [0, 0.1) is 0 Å². The molecule has 0 saturated carbocycles. The van der Waals surface area contributed by atoms with Crippen molar-refractivity contribution in [3.05, 3.63) is 95.0 Å². The lowest BCUT2D eigenvalue weighted by atomic mass is 10.0. The summed E-state index contributed by atoms with van der Waals surface area (Å²) in [6.45, 7) is 0. The summed E-state index contributed by atoms with van der Waals surface area (Å²) in [5.74, 6) is 0.313. The molecule has 1 amide bonds. The second-order valence-electron chi connectivity index (χ2n) is 6.55. The first kappa shape index (κ1) is 19.6. The van der Waals surface area contributed by atoms with E-state index in [0.29, 0.717) is 32.9 Å². The molecule has 1 N–H and O–H groups in total. The molecule has 4 aromatic rings. The lowest BCUT2D eigenvalue weighted by Gasteiger charge is -2.10. The van der Waals surface area contributed by atoms with Gasteiger partial charge in [-0.2, -0.15) is 5.10 Å². The summed E-state index contributed by atoms with van der Waals surface area (Å²) in [7, 11) is 1.59. The summed E-state index contributed by atoms with van der Waals surface area (Å²) >= 11 is 5.89. The van der Waals surface area contributed by atoms with Crippen LogP contribution in [0.5, 0.6) is 5.75 Å². The number of hydrazone groups is 1. The minimum Gasteiger partial charge on any atom is -0.497 e. The first-order valence-electron chi connectivity index (χ1n) is 9.27. The van der Waals surface area contributed by atoms with Crippen molar-refractivity contribution in [3.8, 4) is 17.0 Å². The van der Waals surface area contributed by atoms with E-state index >= 15 is 0 Å². The van der Waals surface area contributed by atoms with Crippen LogP contribution in [0.15, 0.2) is 84.0 Å². The Morgan fingerprint density at radius 1 is 1.03 bits per heavy atom. The van der Waals surface area contributed by atoms with Gasteiger partial charge in [0.15, 0.2) is 0 Å². The molecular weight excluding hydrogens is 398 g/mol. The van der Waals surface area contributed by atoms with Gasteiger partial charge in [-0.3, -0.25) is 4.79 Å². The van der Waals surface area contributed by atoms with E-state index < -0.39 is 0 Å². The number of amides is 1. The summed E-state index contributed by atoms with van der Waals surface area (Å²) in [5, 5.41) is 5.41. The van der Waals surface area contributed by atoms with E-state index in [1.165, 1.54) is 0 Å². The number of nitrogens with one attached hydrogen (secondary N) is 1. The number of halogens is 1. The van der Waals surface area contributed by atoms with Crippen molar-refractivity contribution in [2.24, 2.45) is 5.10 Å². The lowest BCUT2D eigenvalue weighted by Crippen LogP contribution is -2.18. The van der Waals surface area contributed by atoms with E-state index in [4.69, 9.17) is 21.3 Å². The third kappa shape index (κ3) is 4.31. The van der Waals surface area contributed by atoms with Crippen molar-refractivity contribution in [2.45, 2.75) is 0 Å². The number of hydrogen-bond acceptors (Lipinski definition) is 4. The molecule has 30 heavy (non-hydrogen) atoms. The van der Waals surface area contributed by atoms with E-state index in [1.54, 1.807) is 37.6 Å². The van der Waals surface area contributed by atoms with Gasteiger partial charge in [-0.15, -0.1) is 0 Å². The van der Waals surface area contributed by atoms with E-state index in [9.17, 15) is 4.79 Å². The van der Waals surface area contributed by atoms with Crippen LogP contribution in [0.25, 0.3) is 22.2 Å². The maximum atomic E-state index is 13.0. The van der Waals surface area contributed by atoms with E-state index in [0.717, 1.165) is 11.1 Å². The highest BCUT2D eigenvalue weighted by molar-refractivity contribution is 6.30. The van der Waals surface area contributed by atoms with E-state index in [1.807, 2.05) is 54.6 Å². The molecule has 0 radical (unpaired) electrons. The minimum absolute atomic E-state index is 0.335. The molecule has 0 spiro atoms. The van der Waals surface area contributed by atoms with E-state index in [2.05, 4.69) is 10.5 Å². The first-order chi connectivity index (χ1) is 14.6. The number of hydrogen-bond donors (Lipinski definition) is 1. The number of carbonyl (C=O) groups excluding carboxylic acids is 1. The number of nitrogens with zero attached hydrogens (tertiary/aromatic N) is 2. The number of ether oxygens (including phenoxy) is 1. The normalized spacial score (nSPS) is 11.0. The van der Waals surface area contributed by atoms with Crippen molar-refractivity contribution in [2.75, 3.05) is 7.11 Å². The molecule has 0 unspecified atom stereocenters. The standard InChI is InChI=1S/C24H18ClN3O2/c1-30-19-11-12-22-20(13-19)21(14-23(27-22)17-5-3-2-4-6-17)24(29)28-26-15-16-7-9-18(25)10-8-16/h2-15H,1H3,(H,28,29). The molecule has 0 atom stereocenters. The molecule has 1 aromatic heterocycles. The highest BCUT2D eigenvalue weighted by atomic mass is 35.5. The van der Waals surface area contributed by atoms with Crippen molar-refractivity contribution in [3.63, 3.8) is 0 Å². The monoisotopic (exact) mass is 415 g/mol. The molecule has 6 heteroatoms. The van der Waals surface area contributed by atoms with Crippen LogP contribution in [0.1, 0.15) is 15.9 Å². The van der Waals surface area contributed by atoms with Gasteiger partial charge in [-0.05, 0) is 42.0 Å². The van der Waals surface area contributed by atoms with Gasteiger partial charge in [0.25, 0.3) is 5.91 Å². The van der Waals surface area contributed by atoms with Crippen LogP contribution >= 0.6 is 11.6 Å². The second kappa shape index (κ2) is 8.76. The largest absolute Gasteiger partial charge is 0.497 e. The molecule has 3 aromatic carbocycles. The average molecular weight is 416 g/mol. The lowest BCUT2D eigenvalue weighted by molar-refractivity contribution is 0.0956. The van der Waals surface area contributed by atoms with Gasteiger partial charge in [0.05, 0.1) is 30.1 Å². The number of carbonyl (C=O) groups is 1. The number of benzene rings is 3. The van der Waals surface area contributed by atoms with Gasteiger partial charge in [-0.1, -0.05) is 54.1 Å². The maximum absolute atomic E-state index is 13.0. The molecule has 0 aliphatic heterocycles. The van der Waals surface area contributed by atoms with Gasteiger partial charge < -0.3 is 4.74 Å². The molecule has 4 rings (SSSR count). The summed E-state index contributed by atoms with van der Waals surface area (Å²) < 4.78 is 5.32. The van der Waals surface area contributed by atoms with Gasteiger partial charge in [0.2, 0.25) is 0 Å². The summed E-state index contributed by atoms with van der Waals surface area (Å²) in [5.41, 5.74) is 6.22. The number of pyridine rings is 1. The topological polar surface area (TPSA) is 63.6 Å². The Balaban J connectivity index is 1.71. The fraction of sp³-hybridized carbons (Fsp3) is 0.0417. The first-order valence-corrected chi connectivity index (χ1v) is 9.65. The fourth-order valence-electron chi connectivity index (χ4n) is 3.05. The molecular formula is C24H18ClN3O2. The predicted octanol–water partition coefficient (Wildman–Crippen LogP) is 5.33. The van der Waals surface area contributed by atoms with E-state index in [-0.39, 0.29) is 5.91 Å². The minimum atomic E-state index is -0.335. The predicted molar refractivity (Wildman–Crippen MR) is 120 cm³/mol. The zero-order chi connectivity index (χ0) is 20.9. The summed E-state index contributed by atoms with van der Waals surface area (Å²) in [4.78, 5) is 17.7. The SMILES string of the molecule is COc1ccc2nc(-c3ccccc3)cc(C(=O)NN=Cc3ccc(Cl)cc3)c2c1. The Hall–Kier alpha value is -3.70. The Bertz CT molecular complexity index is 1220. The Labute approximate surface area is 179 Å². The smallest absolute Gasteiger partial charge is 0.272 e. The van der Waals surface area contributed by atoms with Gasteiger partial charge in [-0.25, -0.2) is 10.4 Å². The third-order valence-electron chi connectivity index (χ3n) is 4.58. The van der Waals surface area contributed by atoms with Crippen LogP contribution in [0.4, 0.5) is 0 Å². The second-order valence-corrected chi connectivity index (χ2v) is 6.99. The quantitative estimate of drug-likeness (QED) is 0.354. The van der Waals surface area contributed by atoms with Crippen molar-refractivity contribution >= 4 is 34.6 Å². The fourth-order valence-corrected chi connectivity index (χ4v) is 3.18.